The molecule has 2 rings (SSSR count). The summed E-state index contributed by atoms with van der Waals surface area (Å²) in [6.45, 7) is 3.73. The van der Waals surface area contributed by atoms with Gasteiger partial charge in [-0.2, -0.15) is 0 Å². The number of urea groups is 1. The minimum Gasteiger partial charge on any atom is -0.478 e. The summed E-state index contributed by atoms with van der Waals surface area (Å²) in [6.07, 6.45) is 3.64. The summed E-state index contributed by atoms with van der Waals surface area (Å²) >= 11 is 0. The van der Waals surface area contributed by atoms with Crippen molar-refractivity contribution in [2.75, 3.05) is 18.4 Å². The van der Waals surface area contributed by atoms with Crippen LogP contribution in [-0.2, 0) is 4.79 Å². The zero-order chi connectivity index (χ0) is 14.5. The van der Waals surface area contributed by atoms with Crippen molar-refractivity contribution in [3.63, 3.8) is 0 Å². The summed E-state index contributed by atoms with van der Waals surface area (Å²) in [5.41, 5.74) is 1.49. The minimum atomic E-state index is -0.981. The normalized spacial score (nSPS) is 18.4. The number of rotatable bonds is 3. The number of amides is 2. The van der Waals surface area contributed by atoms with Crippen molar-refractivity contribution in [2.24, 2.45) is 5.92 Å². The fraction of sp³-hybridized carbons (Fsp3) is 0.333. The lowest BCUT2D eigenvalue weighted by Crippen LogP contribution is -2.32. The van der Waals surface area contributed by atoms with E-state index in [0.717, 1.165) is 31.1 Å². The Labute approximate surface area is 117 Å². The van der Waals surface area contributed by atoms with E-state index in [1.54, 1.807) is 24.3 Å². The molecule has 5 nitrogen and oxygen atoms in total. The zero-order valence-corrected chi connectivity index (χ0v) is 11.4. The number of anilines is 1. The molecule has 1 unspecified atom stereocenters. The molecule has 1 aromatic rings. The van der Waals surface area contributed by atoms with Crippen LogP contribution in [0.15, 0.2) is 30.3 Å². The minimum absolute atomic E-state index is 0.0804. The first-order valence-corrected chi connectivity index (χ1v) is 6.61. The number of carboxylic acids is 1. The fourth-order valence-corrected chi connectivity index (χ4v) is 2.17. The van der Waals surface area contributed by atoms with Crippen molar-refractivity contribution < 1.29 is 14.7 Å². The maximum atomic E-state index is 12.0. The molecule has 20 heavy (non-hydrogen) atoms. The Bertz CT molecular complexity index is 522. The summed E-state index contributed by atoms with van der Waals surface area (Å²) in [5, 5.41) is 11.4. The molecule has 1 saturated heterocycles. The molecule has 0 aliphatic carbocycles. The number of carbonyl (C=O) groups is 2. The van der Waals surface area contributed by atoms with Crippen LogP contribution in [-0.4, -0.2) is 35.1 Å². The largest absolute Gasteiger partial charge is 0.478 e. The molecule has 1 aromatic carbocycles. The first kappa shape index (κ1) is 14.1. The Morgan fingerprint density at radius 1 is 1.35 bits per heavy atom. The topological polar surface area (TPSA) is 69.6 Å². The van der Waals surface area contributed by atoms with Crippen molar-refractivity contribution in [1.29, 1.82) is 0 Å². The highest BCUT2D eigenvalue weighted by molar-refractivity contribution is 5.90. The number of nitrogens with zero attached hydrogens (tertiary/aromatic N) is 1. The predicted octanol–water partition coefficient (Wildman–Crippen LogP) is 2.66. The number of likely N-dealkylation sites (tertiary alicyclic amines) is 1. The van der Waals surface area contributed by atoms with Crippen LogP contribution in [0.5, 0.6) is 0 Å². The van der Waals surface area contributed by atoms with Gasteiger partial charge in [-0.3, -0.25) is 0 Å². The number of benzene rings is 1. The van der Waals surface area contributed by atoms with Crippen LogP contribution in [0.1, 0.15) is 18.9 Å². The zero-order valence-electron chi connectivity index (χ0n) is 11.4. The third-order valence-electron chi connectivity index (χ3n) is 3.29. The third kappa shape index (κ3) is 3.85. The SMILES string of the molecule is CC1CCN(C(=O)Nc2ccc(C=CC(=O)O)cc2)C1. The smallest absolute Gasteiger partial charge is 0.328 e. The van der Waals surface area contributed by atoms with Gasteiger partial charge in [0.2, 0.25) is 0 Å². The number of hydrogen-bond acceptors (Lipinski definition) is 2. The van der Waals surface area contributed by atoms with Gasteiger partial charge in [0.05, 0.1) is 0 Å². The van der Waals surface area contributed by atoms with E-state index in [0.29, 0.717) is 11.6 Å². The maximum absolute atomic E-state index is 12.0. The molecule has 1 aliphatic rings. The van der Waals surface area contributed by atoms with E-state index in [4.69, 9.17) is 5.11 Å². The van der Waals surface area contributed by atoms with Crippen LogP contribution in [0.3, 0.4) is 0 Å². The number of nitrogens with one attached hydrogen (secondary N) is 1. The van der Waals surface area contributed by atoms with Gasteiger partial charge in [0.25, 0.3) is 0 Å². The first-order chi connectivity index (χ1) is 9.54. The summed E-state index contributed by atoms with van der Waals surface area (Å²) in [5.74, 6) is -0.421. The highest BCUT2D eigenvalue weighted by atomic mass is 16.4. The molecule has 2 amide bonds. The van der Waals surface area contributed by atoms with Gasteiger partial charge < -0.3 is 15.3 Å². The van der Waals surface area contributed by atoms with Crippen molar-refractivity contribution >= 4 is 23.8 Å². The van der Waals surface area contributed by atoms with Gasteiger partial charge in [0, 0.05) is 24.9 Å². The monoisotopic (exact) mass is 274 g/mol. The average Bonchev–Trinajstić information content (AvgIpc) is 2.85. The highest BCUT2D eigenvalue weighted by Gasteiger charge is 2.22. The van der Waals surface area contributed by atoms with Crippen molar-refractivity contribution in [1.82, 2.24) is 4.90 Å². The van der Waals surface area contributed by atoms with Gasteiger partial charge >= 0.3 is 12.0 Å². The highest BCUT2D eigenvalue weighted by Crippen LogP contribution is 2.17. The second-order valence-electron chi connectivity index (χ2n) is 5.06. The van der Waals surface area contributed by atoms with E-state index in [9.17, 15) is 9.59 Å². The average molecular weight is 274 g/mol. The Morgan fingerprint density at radius 3 is 2.60 bits per heavy atom. The molecule has 0 radical (unpaired) electrons. The van der Waals surface area contributed by atoms with Gasteiger partial charge in [0.1, 0.15) is 0 Å². The molecular formula is C15H18N2O3. The van der Waals surface area contributed by atoms with Crippen LogP contribution in [0.2, 0.25) is 0 Å². The van der Waals surface area contributed by atoms with E-state index in [-0.39, 0.29) is 6.03 Å². The predicted molar refractivity (Wildman–Crippen MR) is 77.5 cm³/mol. The Balaban J connectivity index is 1.93. The molecule has 5 heteroatoms. The van der Waals surface area contributed by atoms with E-state index >= 15 is 0 Å². The van der Waals surface area contributed by atoms with Gasteiger partial charge in [0.15, 0.2) is 0 Å². The second kappa shape index (κ2) is 6.23. The first-order valence-electron chi connectivity index (χ1n) is 6.61. The summed E-state index contributed by atoms with van der Waals surface area (Å²) in [7, 11) is 0. The Morgan fingerprint density at radius 2 is 2.05 bits per heavy atom. The summed E-state index contributed by atoms with van der Waals surface area (Å²) < 4.78 is 0. The van der Waals surface area contributed by atoms with Crippen LogP contribution < -0.4 is 5.32 Å². The Kier molecular flexibility index (Phi) is 4.40. The molecule has 0 spiro atoms. The van der Waals surface area contributed by atoms with Crippen LogP contribution in [0, 0.1) is 5.92 Å². The molecule has 1 heterocycles. The lowest BCUT2D eigenvalue weighted by molar-refractivity contribution is -0.131. The van der Waals surface area contributed by atoms with E-state index in [1.165, 1.54) is 6.08 Å². The molecule has 2 N–H and O–H groups in total. The lowest BCUT2D eigenvalue weighted by atomic mass is 10.2. The molecule has 0 bridgehead atoms. The van der Waals surface area contributed by atoms with Gasteiger partial charge in [-0.15, -0.1) is 0 Å². The summed E-state index contributed by atoms with van der Waals surface area (Å²) in [4.78, 5) is 24.2. The van der Waals surface area contributed by atoms with Crippen molar-refractivity contribution in [3.05, 3.63) is 35.9 Å². The second-order valence-corrected chi connectivity index (χ2v) is 5.06. The van der Waals surface area contributed by atoms with Gasteiger partial charge in [-0.25, -0.2) is 9.59 Å². The molecule has 106 valence electrons. The molecule has 1 fully saturated rings. The van der Waals surface area contributed by atoms with Crippen LogP contribution in [0.4, 0.5) is 10.5 Å². The maximum Gasteiger partial charge on any atom is 0.328 e. The standard InChI is InChI=1S/C15H18N2O3/c1-11-8-9-17(10-11)15(20)16-13-5-2-12(3-6-13)4-7-14(18)19/h2-7,11H,8-10H2,1H3,(H,16,20)(H,18,19). The van der Waals surface area contributed by atoms with Crippen molar-refractivity contribution in [2.45, 2.75) is 13.3 Å². The van der Waals surface area contributed by atoms with Crippen LogP contribution >= 0.6 is 0 Å². The molecular weight excluding hydrogens is 256 g/mol. The number of carboxylic acid groups (broad SMARTS) is 1. The van der Waals surface area contributed by atoms with E-state index < -0.39 is 5.97 Å². The van der Waals surface area contributed by atoms with Gasteiger partial charge in [-0.05, 0) is 36.1 Å². The molecule has 0 saturated carbocycles. The fourth-order valence-electron chi connectivity index (χ4n) is 2.17. The van der Waals surface area contributed by atoms with Gasteiger partial charge in [-0.1, -0.05) is 19.1 Å². The molecule has 1 atom stereocenters. The van der Waals surface area contributed by atoms with Crippen LogP contribution in [0.25, 0.3) is 6.08 Å². The summed E-state index contributed by atoms with van der Waals surface area (Å²) in [6, 6.07) is 6.98. The van der Waals surface area contributed by atoms with E-state index in [2.05, 4.69) is 12.2 Å². The molecule has 0 aromatic heterocycles. The van der Waals surface area contributed by atoms with E-state index in [1.807, 2.05) is 4.90 Å². The number of aliphatic carboxylic acids is 1. The quantitative estimate of drug-likeness (QED) is 0.832. The Hall–Kier alpha value is -2.30. The van der Waals surface area contributed by atoms with Crippen molar-refractivity contribution in [3.8, 4) is 0 Å². The molecule has 1 aliphatic heterocycles. The lowest BCUT2D eigenvalue weighted by Gasteiger charge is -2.16. The third-order valence-corrected chi connectivity index (χ3v) is 3.29. The number of hydrogen-bond donors (Lipinski definition) is 2. The number of carbonyl (C=O) groups excluding carboxylic acids is 1.